The summed E-state index contributed by atoms with van der Waals surface area (Å²) in [6, 6.07) is 15.8. The van der Waals surface area contributed by atoms with E-state index in [4.69, 9.17) is 9.47 Å². The number of esters is 1. The van der Waals surface area contributed by atoms with Crippen molar-refractivity contribution >= 4 is 23.5 Å². The number of anilines is 1. The third-order valence-corrected chi connectivity index (χ3v) is 5.11. The molecule has 1 aliphatic rings. The summed E-state index contributed by atoms with van der Waals surface area (Å²) in [7, 11) is 1.55. The summed E-state index contributed by atoms with van der Waals surface area (Å²) in [6.45, 7) is 2.44. The lowest BCUT2D eigenvalue weighted by Crippen LogP contribution is -2.42. The van der Waals surface area contributed by atoms with Crippen LogP contribution >= 0.6 is 0 Å². The van der Waals surface area contributed by atoms with E-state index >= 15 is 0 Å². The van der Waals surface area contributed by atoms with Crippen molar-refractivity contribution in [3.05, 3.63) is 60.2 Å². The molecule has 0 spiro atoms. The summed E-state index contributed by atoms with van der Waals surface area (Å²) in [4.78, 5) is 39.2. The van der Waals surface area contributed by atoms with E-state index < -0.39 is 23.9 Å². The second-order valence-electron chi connectivity index (χ2n) is 7.25. The second-order valence-corrected chi connectivity index (χ2v) is 7.25. The molecular weight excluding hydrogens is 384 g/mol. The van der Waals surface area contributed by atoms with Crippen LogP contribution in [-0.4, -0.2) is 42.9 Å². The number of nitrogens with one attached hydrogen (secondary N) is 1. The molecule has 0 bridgehead atoms. The molecule has 158 valence electrons. The number of hydrogen-bond acceptors (Lipinski definition) is 5. The Morgan fingerprint density at radius 2 is 1.87 bits per heavy atom. The Balaban J connectivity index is 1.76. The molecule has 1 heterocycles. The Kier molecular flexibility index (Phi) is 7.06. The van der Waals surface area contributed by atoms with Gasteiger partial charge < -0.3 is 19.7 Å². The Bertz CT molecular complexity index is 899. The van der Waals surface area contributed by atoms with Crippen molar-refractivity contribution in [2.75, 3.05) is 25.5 Å². The fraction of sp³-hybridized carbons (Fsp3) is 0.348. The van der Waals surface area contributed by atoms with Gasteiger partial charge in [-0.25, -0.2) is 0 Å². The Labute approximate surface area is 176 Å². The predicted molar refractivity (Wildman–Crippen MR) is 112 cm³/mol. The van der Waals surface area contributed by atoms with Crippen LogP contribution in [-0.2, 0) is 19.1 Å². The van der Waals surface area contributed by atoms with Gasteiger partial charge in [0.05, 0.1) is 13.0 Å². The van der Waals surface area contributed by atoms with Gasteiger partial charge in [0.2, 0.25) is 12.0 Å². The van der Waals surface area contributed by atoms with Gasteiger partial charge >= 0.3 is 5.97 Å². The first-order valence-electron chi connectivity index (χ1n) is 9.94. The monoisotopic (exact) mass is 410 g/mol. The number of amides is 2. The van der Waals surface area contributed by atoms with Crippen LogP contribution in [0.2, 0.25) is 0 Å². The van der Waals surface area contributed by atoms with E-state index in [0.717, 1.165) is 6.42 Å². The molecule has 30 heavy (non-hydrogen) atoms. The molecule has 2 aromatic carbocycles. The quantitative estimate of drug-likeness (QED) is 0.740. The van der Waals surface area contributed by atoms with Crippen LogP contribution < -0.4 is 10.1 Å². The van der Waals surface area contributed by atoms with Gasteiger partial charge in [-0.05, 0) is 25.0 Å². The number of carbonyl (C=O) groups excluding carboxylic acids is 3. The summed E-state index contributed by atoms with van der Waals surface area (Å²) < 4.78 is 10.9. The Hall–Kier alpha value is -3.35. The average Bonchev–Trinajstić information content (AvgIpc) is 2.78. The Morgan fingerprint density at radius 3 is 2.57 bits per heavy atom. The molecule has 7 heteroatoms. The van der Waals surface area contributed by atoms with Gasteiger partial charge in [0, 0.05) is 37.3 Å². The van der Waals surface area contributed by atoms with E-state index in [-0.39, 0.29) is 5.91 Å². The van der Waals surface area contributed by atoms with Crippen LogP contribution in [0.1, 0.15) is 31.4 Å². The number of likely N-dealkylation sites (tertiary alicyclic amines) is 1. The zero-order valence-corrected chi connectivity index (χ0v) is 17.2. The van der Waals surface area contributed by atoms with Crippen LogP contribution in [0.25, 0.3) is 0 Å². The largest absolute Gasteiger partial charge is 0.497 e. The molecule has 0 aromatic heterocycles. The molecule has 1 aliphatic heterocycles. The lowest BCUT2D eigenvalue weighted by Gasteiger charge is -2.31. The maximum Gasteiger partial charge on any atom is 0.311 e. The van der Waals surface area contributed by atoms with Crippen molar-refractivity contribution in [2.45, 2.75) is 25.9 Å². The topological polar surface area (TPSA) is 84.9 Å². The van der Waals surface area contributed by atoms with E-state index in [2.05, 4.69) is 5.32 Å². The predicted octanol–water partition coefficient (Wildman–Crippen LogP) is 3.18. The van der Waals surface area contributed by atoms with Crippen molar-refractivity contribution in [3.63, 3.8) is 0 Å². The minimum Gasteiger partial charge on any atom is -0.497 e. The minimum absolute atomic E-state index is 0.0668. The van der Waals surface area contributed by atoms with Gasteiger partial charge in [-0.15, -0.1) is 0 Å². The normalized spacial score (nSPS) is 17.0. The van der Waals surface area contributed by atoms with Crippen molar-refractivity contribution in [1.82, 2.24) is 4.90 Å². The SMILES string of the molecule is COc1cccc(NC(=O)[C@H](OC(=O)[C@@H]2CCCN(C(C)=O)C2)c2ccccc2)c1. The smallest absolute Gasteiger partial charge is 0.311 e. The first-order chi connectivity index (χ1) is 14.5. The highest BCUT2D eigenvalue weighted by Crippen LogP contribution is 2.25. The maximum atomic E-state index is 13.0. The first-order valence-corrected chi connectivity index (χ1v) is 9.94. The summed E-state index contributed by atoms with van der Waals surface area (Å²) in [6.07, 6.45) is 0.255. The van der Waals surface area contributed by atoms with Crippen molar-refractivity contribution < 1.29 is 23.9 Å². The number of hydrogen-bond donors (Lipinski definition) is 1. The highest BCUT2D eigenvalue weighted by molar-refractivity contribution is 5.96. The minimum atomic E-state index is -1.10. The molecule has 0 saturated carbocycles. The average molecular weight is 410 g/mol. The van der Waals surface area contributed by atoms with Crippen LogP contribution in [0.3, 0.4) is 0 Å². The second kappa shape index (κ2) is 9.91. The summed E-state index contributed by atoms with van der Waals surface area (Å²) >= 11 is 0. The van der Waals surface area contributed by atoms with Gasteiger partial charge in [0.1, 0.15) is 5.75 Å². The number of carbonyl (C=O) groups is 3. The number of ether oxygens (including phenoxy) is 2. The summed E-state index contributed by atoms with van der Waals surface area (Å²) in [5.74, 6) is -0.841. The van der Waals surface area contributed by atoms with Crippen molar-refractivity contribution in [3.8, 4) is 5.75 Å². The van der Waals surface area contributed by atoms with Gasteiger partial charge in [0.15, 0.2) is 0 Å². The number of benzene rings is 2. The maximum absolute atomic E-state index is 13.0. The summed E-state index contributed by atoms with van der Waals surface area (Å²) in [5, 5.41) is 2.79. The fourth-order valence-electron chi connectivity index (χ4n) is 3.48. The molecule has 1 fully saturated rings. The molecule has 3 rings (SSSR count). The van der Waals surface area contributed by atoms with E-state index in [1.165, 1.54) is 6.92 Å². The third kappa shape index (κ3) is 5.37. The van der Waals surface area contributed by atoms with Crippen LogP contribution in [0, 0.1) is 5.92 Å². The molecule has 0 unspecified atom stereocenters. The van der Waals surface area contributed by atoms with Crippen LogP contribution in [0.15, 0.2) is 54.6 Å². The molecule has 1 N–H and O–H groups in total. The first kappa shape index (κ1) is 21.4. The van der Waals surface area contributed by atoms with Crippen LogP contribution in [0.4, 0.5) is 5.69 Å². The summed E-state index contributed by atoms with van der Waals surface area (Å²) in [5.41, 5.74) is 1.11. The number of rotatable bonds is 6. The molecule has 7 nitrogen and oxygen atoms in total. The lowest BCUT2D eigenvalue weighted by molar-refractivity contribution is -0.161. The molecule has 2 amide bonds. The lowest BCUT2D eigenvalue weighted by atomic mass is 9.98. The number of methoxy groups -OCH3 is 1. The molecule has 1 saturated heterocycles. The van der Waals surface area contributed by atoms with Gasteiger partial charge in [-0.2, -0.15) is 0 Å². The highest BCUT2D eigenvalue weighted by Gasteiger charge is 2.32. The zero-order valence-electron chi connectivity index (χ0n) is 17.2. The molecular formula is C23H26N2O5. The van der Waals surface area contributed by atoms with Gasteiger partial charge in [0.25, 0.3) is 5.91 Å². The molecule has 0 radical (unpaired) electrons. The molecule has 0 aliphatic carbocycles. The van der Waals surface area contributed by atoms with E-state index in [0.29, 0.717) is 36.5 Å². The number of piperidine rings is 1. The third-order valence-electron chi connectivity index (χ3n) is 5.11. The number of nitrogens with zero attached hydrogens (tertiary/aromatic N) is 1. The van der Waals surface area contributed by atoms with Crippen molar-refractivity contribution in [1.29, 1.82) is 0 Å². The zero-order chi connectivity index (χ0) is 21.5. The van der Waals surface area contributed by atoms with E-state index in [9.17, 15) is 14.4 Å². The van der Waals surface area contributed by atoms with Gasteiger partial charge in [-0.1, -0.05) is 36.4 Å². The van der Waals surface area contributed by atoms with E-state index in [1.807, 2.05) is 6.07 Å². The fourth-order valence-corrected chi connectivity index (χ4v) is 3.48. The standard InChI is InChI=1S/C23H26N2O5/c1-16(26)25-13-7-10-18(15-25)23(28)30-21(17-8-4-3-5-9-17)22(27)24-19-11-6-12-20(14-19)29-2/h3-6,8-9,11-12,14,18,21H,7,10,13,15H2,1-2H3,(H,24,27)/t18-,21-/m1/s1. The molecule has 2 atom stereocenters. The van der Waals surface area contributed by atoms with Crippen LogP contribution in [0.5, 0.6) is 5.75 Å². The Morgan fingerprint density at radius 1 is 1.10 bits per heavy atom. The van der Waals surface area contributed by atoms with Gasteiger partial charge in [-0.3, -0.25) is 14.4 Å². The van der Waals surface area contributed by atoms with E-state index in [1.54, 1.807) is 60.5 Å². The molecule has 2 aromatic rings. The van der Waals surface area contributed by atoms with Crippen molar-refractivity contribution in [2.24, 2.45) is 5.92 Å². The highest BCUT2D eigenvalue weighted by atomic mass is 16.5.